The third kappa shape index (κ3) is 2.60. The molecule has 2 N–H and O–H groups in total. The summed E-state index contributed by atoms with van der Waals surface area (Å²) in [6.45, 7) is 5.07. The highest BCUT2D eigenvalue weighted by atomic mass is 32.2. The molecule has 0 bridgehead atoms. The number of aromatic amines is 1. The van der Waals surface area contributed by atoms with Crippen LogP contribution in [0.15, 0.2) is 44.9 Å². The first-order chi connectivity index (χ1) is 11.4. The molecule has 1 aromatic carbocycles. The van der Waals surface area contributed by atoms with Gasteiger partial charge in [-0.05, 0) is 38.6 Å². The van der Waals surface area contributed by atoms with Crippen molar-refractivity contribution in [2.45, 2.75) is 32.5 Å². The molecule has 0 aliphatic carbocycles. The lowest BCUT2D eigenvalue weighted by atomic mass is 10.2. The first-order valence-electron chi connectivity index (χ1n) is 7.54. The number of nitrogens with zero attached hydrogens (tertiary/aromatic N) is 2. The van der Waals surface area contributed by atoms with E-state index in [1.807, 2.05) is 31.2 Å². The van der Waals surface area contributed by atoms with Gasteiger partial charge < -0.3 is 10.1 Å². The summed E-state index contributed by atoms with van der Waals surface area (Å²) < 4.78 is 1.49. The molecule has 3 rings (SSSR count). The minimum absolute atomic E-state index is 0.0802. The second-order valence-corrected chi connectivity index (χ2v) is 6.39. The first kappa shape index (κ1) is 16.3. The number of ketones is 1. The molecule has 2 aromatic heterocycles. The highest BCUT2D eigenvalue weighted by molar-refractivity contribution is 8.03. The number of para-hydroxylation sites is 1. The Morgan fingerprint density at radius 2 is 2.04 bits per heavy atom. The molecule has 0 unspecified atom stereocenters. The second kappa shape index (κ2) is 6.16. The van der Waals surface area contributed by atoms with Crippen LogP contribution in [0.25, 0.3) is 21.9 Å². The Morgan fingerprint density at radius 1 is 1.33 bits per heavy atom. The monoisotopic (exact) mass is 343 g/mol. The van der Waals surface area contributed by atoms with E-state index < -0.39 is 0 Å². The summed E-state index contributed by atoms with van der Waals surface area (Å²) in [6, 6.07) is 7.55. The van der Waals surface area contributed by atoms with E-state index in [-0.39, 0.29) is 22.0 Å². The van der Waals surface area contributed by atoms with Crippen LogP contribution in [0.3, 0.4) is 0 Å². The van der Waals surface area contributed by atoms with E-state index in [1.54, 1.807) is 0 Å². The summed E-state index contributed by atoms with van der Waals surface area (Å²) in [4.78, 5) is 32.4. The van der Waals surface area contributed by atoms with Crippen molar-refractivity contribution in [3.8, 4) is 0 Å². The Kier molecular flexibility index (Phi) is 4.19. The summed E-state index contributed by atoms with van der Waals surface area (Å²) in [6.07, 6.45) is 0. The normalized spacial score (nSPS) is 12.6. The first-order valence-corrected chi connectivity index (χ1v) is 8.35. The lowest BCUT2D eigenvalue weighted by Crippen LogP contribution is -2.22. The van der Waals surface area contributed by atoms with E-state index in [4.69, 9.17) is 0 Å². The van der Waals surface area contributed by atoms with Gasteiger partial charge in [0.2, 0.25) is 0 Å². The molecule has 0 amide bonds. The van der Waals surface area contributed by atoms with Crippen molar-refractivity contribution in [2.75, 3.05) is 0 Å². The molecule has 7 heteroatoms. The average molecular weight is 343 g/mol. The highest BCUT2D eigenvalue weighted by Crippen LogP contribution is 2.30. The summed E-state index contributed by atoms with van der Waals surface area (Å²) in [5.41, 5.74) is 1.65. The van der Waals surface area contributed by atoms with Gasteiger partial charge in [0.25, 0.3) is 5.56 Å². The molecule has 0 saturated carbocycles. The maximum Gasteiger partial charge on any atom is 0.278 e. The fraction of sp³-hybridized carbons (Fsp3) is 0.235. The smallest absolute Gasteiger partial charge is 0.278 e. The molecule has 6 nitrogen and oxygen atoms in total. The second-order valence-electron chi connectivity index (χ2n) is 5.41. The fourth-order valence-electron chi connectivity index (χ4n) is 2.62. The molecule has 24 heavy (non-hydrogen) atoms. The van der Waals surface area contributed by atoms with Crippen LogP contribution in [-0.2, 0) is 11.3 Å². The maximum absolute atomic E-state index is 12.8. The van der Waals surface area contributed by atoms with E-state index in [0.717, 1.165) is 22.7 Å². The van der Waals surface area contributed by atoms with Gasteiger partial charge in [0, 0.05) is 17.4 Å². The van der Waals surface area contributed by atoms with E-state index >= 15 is 0 Å². The van der Waals surface area contributed by atoms with Gasteiger partial charge in [-0.2, -0.15) is 0 Å². The van der Waals surface area contributed by atoms with Crippen molar-refractivity contribution >= 4 is 39.5 Å². The average Bonchev–Trinajstić information content (AvgIpc) is 2.91. The molecule has 2 heterocycles. The number of nitrogens with one attached hydrogen (secondary N) is 1. The number of carbonyl (C=O) groups excluding carboxylic acids is 1. The summed E-state index contributed by atoms with van der Waals surface area (Å²) in [7, 11) is 0. The third-order valence-corrected chi connectivity index (χ3v) is 5.02. The number of carbonyl (C=O) groups is 1. The predicted octanol–water partition coefficient (Wildman–Crippen LogP) is 3.37. The van der Waals surface area contributed by atoms with Crippen molar-refractivity contribution in [2.24, 2.45) is 0 Å². The van der Waals surface area contributed by atoms with E-state index in [9.17, 15) is 14.7 Å². The molecule has 0 saturated heterocycles. The number of hydrogen-bond acceptors (Lipinski definition) is 5. The van der Waals surface area contributed by atoms with E-state index in [2.05, 4.69) is 9.97 Å². The zero-order valence-corrected chi connectivity index (χ0v) is 14.4. The van der Waals surface area contributed by atoms with Crippen LogP contribution >= 0.6 is 11.8 Å². The largest absolute Gasteiger partial charge is 0.511 e. The lowest BCUT2D eigenvalue weighted by molar-refractivity contribution is -0.113. The van der Waals surface area contributed by atoms with Crippen LogP contribution in [0.5, 0.6) is 0 Å². The predicted molar refractivity (Wildman–Crippen MR) is 95.4 cm³/mol. The quantitative estimate of drug-likeness (QED) is 0.328. The van der Waals surface area contributed by atoms with Gasteiger partial charge in [-0.15, -0.1) is 0 Å². The lowest BCUT2D eigenvalue weighted by Gasteiger charge is -2.11. The highest BCUT2D eigenvalue weighted by Gasteiger charge is 2.18. The summed E-state index contributed by atoms with van der Waals surface area (Å²) in [5.74, 6) is -0.348. The fourth-order valence-corrected chi connectivity index (χ4v) is 3.56. The molecule has 0 atom stereocenters. The molecule has 0 aliphatic rings. The Labute approximate surface area is 142 Å². The Morgan fingerprint density at radius 3 is 2.67 bits per heavy atom. The van der Waals surface area contributed by atoms with Crippen LogP contribution in [0.4, 0.5) is 0 Å². The van der Waals surface area contributed by atoms with Gasteiger partial charge in [-0.1, -0.05) is 18.2 Å². The molecule has 0 fully saturated rings. The molecule has 124 valence electrons. The number of aliphatic hydroxyl groups is 1. The van der Waals surface area contributed by atoms with Crippen LogP contribution in [0, 0.1) is 0 Å². The Balaban J connectivity index is 2.31. The van der Waals surface area contributed by atoms with Crippen LogP contribution < -0.4 is 5.56 Å². The number of benzene rings is 1. The van der Waals surface area contributed by atoms with Crippen molar-refractivity contribution in [3.05, 3.63) is 45.3 Å². The zero-order valence-electron chi connectivity index (χ0n) is 13.6. The standard InChI is InChI=1S/C17H17N3O3S/c1-4-20-16(23)14-13(11-7-5-6-8-12(11)18-14)19-17(20)24-15(9(2)21)10(3)22/h5-8,18,21H,4H2,1-3H3/b15-9-. The maximum atomic E-state index is 12.8. The summed E-state index contributed by atoms with van der Waals surface area (Å²) in [5, 5.41) is 11.0. The number of thioether (sulfide) groups is 1. The van der Waals surface area contributed by atoms with E-state index in [1.165, 1.54) is 18.4 Å². The van der Waals surface area contributed by atoms with Gasteiger partial charge in [-0.3, -0.25) is 14.2 Å². The Bertz CT molecular complexity index is 1040. The number of fused-ring (bicyclic) bond motifs is 3. The van der Waals surface area contributed by atoms with Gasteiger partial charge in [0.1, 0.15) is 16.8 Å². The van der Waals surface area contributed by atoms with Gasteiger partial charge in [0.15, 0.2) is 10.9 Å². The molecule has 3 aromatic rings. The van der Waals surface area contributed by atoms with Crippen LogP contribution in [-0.4, -0.2) is 25.4 Å². The van der Waals surface area contributed by atoms with E-state index in [0.29, 0.717) is 22.7 Å². The zero-order chi connectivity index (χ0) is 17.4. The molecule has 0 aliphatic heterocycles. The van der Waals surface area contributed by atoms with Crippen molar-refractivity contribution < 1.29 is 9.90 Å². The number of Topliss-reactive ketones (excluding diaryl/α,β-unsaturated/α-hetero) is 1. The van der Waals surface area contributed by atoms with Crippen LogP contribution in [0.1, 0.15) is 20.8 Å². The van der Waals surface area contributed by atoms with Gasteiger partial charge in [0.05, 0.1) is 4.91 Å². The number of hydrogen-bond donors (Lipinski definition) is 2. The number of allylic oxidation sites excluding steroid dienone is 2. The minimum Gasteiger partial charge on any atom is -0.511 e. The van der Waals surface area contributed by atoms with Crippen molar-refractivity contribution in [1.29, 1.82) is 0 Å². The number of rotatable bonds is 4. The summed E-state index contributed by atoms with van der Waals surface area (Å²) >= 11 is 1.02. The van der Waals surface area contributed by atoms with Crippen molar-refractivity contribution in [1.82, 2.24) is 14.5 Å². The van der Waals surface area contributed by atoms with Crippen LogP contribution in [0.2, 0.25) is 0 Å². The minimum atomic E-state index is -0.268. The number of aliphatic hydroxyl groups excluding tert-OH is 1. The van der Waals surface area contributed by atoms with Gasteiger partial charge >= 0.3 is 0 Å². The molecular weight excluding hydrogens is 326 g/mol. The van der Waals surface area contributed by atoms with Crippen molar-refractivity contribution in [3.63, 3.8) is 0 Å². The topological polar surface area (TPSA) is 88.0 Å². The number of H-pyrrole nitrogens is 1. The third-order valence-electron chi connectivity index (χ3n) is 3.73. The van der Waals surface area contributed by atoms with Gasteiger partial charge in [-0.25, -0.2) is 4.98 Å². The molecular formula is C17H17N3O3S. The Hall–Kier alpha value is -2.54. The molecule has 0 spiro atoms. The SMILES string of the molecule is CCn1c(S/C(C(C)=O)=C(/C)O)nc2c([nH]c3ccccc32)c1=O. The molecule has 0 radical (unpaired) electrons. The number of aromatic nitrogens is 3.